The summed E-state index contributed by atoms with van der Waals surface area (Å²) in [5.41, 5.74) is 0. The maximum atomic E-state index is 5.08. The van der Waals surface area contributed by atoms with Crippen LogP contribution >= 0.6 is 0 Å². The molecule has 0 heterocycles. The van der Waals surface area contributed by atoms with Gasteiger partial charge in [-0.25, -0.2) is 0 Å². The molecule has 0 radical (unpaired) electrons. The fourth-order valence-corrected chi connectivity index (χ4v) is 0.732. The molecule has 0 fully saturated rings. The predicted molar refractivity (Wildman–Crippen MR) is 61.5 cm³/mol. The molecule has 0 bridgehead atoms. The lowest BCUT2D eigenvalue weighted by molar-refractivity contribution is -0.0297. The highest BCUT2D eigenvalue weighted by Crippen LogP contribution is 1.85. The first-order valence-corrected chi connectivity index (χ1v) is 5.08. The van der Waals surface area contributed by atoms with Crippen LogP contribution in [-0.2, 0) is 14.2 Å². The Bertz CT molecular complexity index is 195. The number of hydrogen-bond donors (Lipinski definition) is 0. The van der Waals surface area contributed by atoms with Gasteiger partial charge in [0.1, 0.15) is 0 Å². The standard InChI is InChI=1S/C12H20O3/c1-3-4-5-6-7-8-9-14-12-15-11-10-13-2/h4-9H,3,10-12H2,1-2H3. The summed E-state index contributed by atoms with van der Waals surface area (Å²) in [5.74, 6) is 0. The molecule has 0 spiro atoms. The molecule has 0 aromatic rings. The highest BCUT2D eigenvalue weighted by molar-refractivity contribution is 5.09. The van der Waals surface area contributed by atoms with Crippen molar-refractivity contribution in [1.82, 2.24) is 0 Å². The third-order valence-corrected chi connectivity index (χ3v) is 1.46. The van der Waals surface area contributed by atoms with Gasteiger partial charge in [0, 0.05) is 7.11 Å². The molecular weight excluding hydrogens is 192 g/mol. The summed E-state index contributed by atoms with van der Waals surface area (Å²) in [7, 11) is 1.64. The van der Waals surface area contributed by atoms with Crippen LogP contribution in [-0.4, -0.2) is 27.1 Å². The molecule has 0 aliphatic carbocycles. The lowest BCUT2D eigenvalue weighted by Gasteiger charge is -2.01. The maximum Gasteiger partial charge on any atom is 0.188 e. The van der Waals surface area contributed by atoms with Crippen LogP contribution in [0.1, 0.15) is 13.3 Å². The van der Waals surface area contributed by atoms with Crippen LogP contribution in [0.5, 0.6) is 0 Å². The lowest BCUT2D eigenvalue weighted by Crippen LogP contribution is -2.03. The van der Waals surface area contributed by atoms with Gasteiger partial charge in [-0.2, -0.15) is 0 Å². The van der Waals surface area contributed by atoms with E-state index in [4.69, 9.17) is 14.2 Å². The quantitative estimate of drug-likeness (QED) is 0.254. The third-order valence-electron chi connectivity index (χ3n) is 1.46. The van der Waals surface area contributed by atoms with Crippen molar-refractivity contribution in [2.24, 2.45) is 0 Å². The van der Waals surface area contributed by atoms with Gasteiger partial charge in [0.05, 0.1) is 19.5 Å². The second kappa shape index (κ2) is 12.9. The lowest BCUT2D eigenvalue weighted by atomic mass is 10.4. The highest BCUT2D eigenvalue weighted by Gasteiger charge is 1.83. The first-order valence-electron chi connectivity index (χ1n) is 5.08. The van der Waals surface area contributed by atoms with Crippen LogP contribution in [0.15, 0.2) is 36.6 Å². The zero-order valence-electron chi connectivity index (χ0n) is 9.52. The van der Waals surface area contributed by atoms with E-state index in [0.717, 1.165) is 6.42 Å². The topological polar surface area (TPSA) is 27.7 Å². The Kier molecular flexibility index (Phi) is 12.0. The fraction of sp³-hybridized carbons (Fsp3) is 0.500. The van der Waals surface area contributed by atoms with E-state index in [1.54, 1.807) is 13.4 Å². The van der Waals surface area contributed by atoms with Crippen LogP contribution in [0.2, 0.25) is 0 Å². The van der Waals surface area contributed by atoms with Crippen molar-refractivity contribution >= 4 is 0 Å². The van der Waals surface area contributed by atoms with Crippen LogP contribution in [0.3, 0.4) is 0 Å². The number of rotatable bonds is 9. The summed E-state index contributed by atoms with van der Waals surface area (Å²) in [5, 5.41) is 0. The zero-order chi connectivity index (χ0) is 11.2. The highest BCUT2D eigenvalue weighted by atomic mass is 16.7. The minimum atomic E-state index is 0.262. The summed E-state index contributed by atoms with van der Waals surface area (Å²) in [6, 6.07) is 0. The molecule has 0 rings (SSSR count). The van der Waals surface area contributed by atoms with Crippen molar-refractivity contribution in [3.63, 3.8) is 0 Å². The summed E-state index contributed by atoms with van der Waals surface area (Å²) in [4.78, 5) is 0. The summed E-state index contributed by atoms with van der Waals surface area (Å²) < 4.78 is 14.9. The van der Waals surface area contributed by atoms with Gasteiger partial charge in [-0.1, -0.05) is 31.2 Å². The fourth-order valence-electron chi connectivity index (χ4n) is 0.732. The normalized spacial score (nSPS) is 12.1. The molecule has 0 N–H and O–H groups in total. The first-order chi connectivity index (χ1) is 7.41. The first kappa shape index (κ1) is 13.9. The van der Waals surface area contributed by atoms with Crippen molar-refractivity contribution in [2.75, 3.05) is 27.1 Å². The Balaban J connectivity index is 3.23. The molecule has 15 heavy (non-hydrogen) atoms. The van der Waals surface area contributed by atoms with E-state index < -0.39 is 0 Å². The average molecular weight is 212 g/mol. The van der Waals surface area contributed by atoms with Gasteiger partial charge < -0.3 is 14.2 Å². The van der Waals surface area contributed by atoms with Crippen LogP contribution in [0, 0.1) is 0 Å². The molecule has 0 aromatic heterocycles. The van der Waals surface area contributed by atoms with Gasteiger partial charge in [-0.3, -0.25) is 0 Å². The van der Waals surface area contributed by atoms with Gasteiger partial charge in [0.15, 0.2) is 6.79 Å². The molecule has 0 saturated heterocycles. The van der Waals surface area contributed by atoms with Crippen molar-refractivity contribution in [3.8, 4) is 0 Å². The Hall–Kier alpha value is -1.06. The zero-order valence-corrected chi connectivity index (χ0v) is 9.52. The van der Waals surface area contributed by atoms with Crippen molar-refractivity contribution in [1.29, 1.82) is 0 Å². The van der Waals surface area contributed by atoms with E-state index in [9.17, 15) is 0 Å². The molecule has 0 unspecified atom stereocenters. The van der Waals surface area contributed by atoms with Crippen molar-refractivity contribution < 1.29 is 14.2 Å². The van der Waals surface area contributed by atoms with E-state index >= 15 is 0 Å². The van der Waals surface area contributed by atoms with E-state index in [1.807, 2.05) is 24.3 Å². The van der Waals surface area contributed by atoms with Crippen molar-refractivity contribution in [3.05, 3.63) is 36.6 Å². The SMILES string of the molecule is CCC=CC=CC=COCOCCOC. The maximum absolute atomic E-state index is 5.08. The van der Waals surface area contributed by atoms with Gasteiger partial charge in [0.2, 0.25) is 0 Å². The Morgan fingerprint density at radius 1 is 1.00 bits per heavy atom. The number of hydrogen-bond acceptors (Lipinski definition) is 3. The smallest absolute Gasteiger partial charge is 0.188 e. The van der Waals surface area contributed by atoms with E-state index in [0.29, 0.717) is 13.2 Å². The molecule has 0 amide bonds. The molecule has 3 heteroatoms. The Morgan fingerprint density at radius 2 is 1.80 bits per heavy atom. The van der Waals surface area contributed by atoms with Crippen molar-refractivity contribution in [2.45, 2.75) is 13.3 Å². The Morgan fingerprint density at radius 3 is 2.53 bits per heavy atom. The molecule has 3 nitrogen and oxygen atoms in total. The summed E-state index contributed by atoms with van der Waals surface area (Å²) in [6.45, 7) is 3.51. The molecule has 0 aliphatic rings. The van der Waals surface area contributed by atoms with E-state index in [2.05, 4.69) is 13.0 Å². The number of ether oxygens (including phenoxy) is 3. The second-order valence-corrected chi connectivity index (χ2v) is 2.74. The summed E-state index contributed by atoms with van der Waals surface area (Å²) >= 11 is 0. The summed E-state index contributed by atoms with van der Waals surface area (Å²) in [6.07, 6.45) is 12.4. The predicted octanol–water partition coefficient (Wildman–Crippen LogP) is 2.66. The molecular formula is C12H20O3. The minimum absolute atomic E-state index is 0.262. The van der Waals surface area contributed by atoms with Gasteiger partial charge in [-0.05, 0) is 12.5 Å². The third kappa shape index (κ3) is 12.9. The monoisotopic (exact) mass is 212 g/mol. The van der Waals surface area contributed by atoms with Crippen LogP contribution in [0.4, 0.5) is 0 Å². The molecule has 0 saturated carbocycles. The van der Waals surface area contributed by atoms with E-state index in [1.165, 1.54) is 0 Å². The molecule has 0 aromatic carbocycles. The number of allylic oxidation sites excluding steroid dienone is 5. The van der Waals surface area contributed by atoms with Crippen LogP contribution in [0.25, 0.3) is 0 Å². The van der Waals surface area contributed by atoms with Gasteiger partial charge >= 0.3 is 0 Å². The minimum Gasteiger partial charge on any atom is -0.475 e. The molecule has 86 valence electrons. The van der Waals surface area contributed by atoms with E-state index in [-0.39, 0.29) is 6.79 Å². The Labute approximate surface area is 92.0 Å². The average Bonchev–Trinajstić information content (AvgIpc) is 2.26. The molecule has 0 atom stereocenters. The second-order valence-electron chi connectivity index (χ2n) is 2.74. The van der Waals surface area contributed by atoms with Crippen LogP contribution < -0.4 is 0 Å². The van der Waals surface area contributed by atoms with Gasteiger partial charge in [0.25, 0.3) is 0 Å². The van der Waals surface area contributed by atoms with Gasteiger partial charge in [-0.15, -0.1) is 0 Å². The largest absolute Gasteiger partial charge is 0.475 e. The number of methoxy groups -OCH3 is 1. The molecule has 0 aliphatic heterocycles.